The number of anilines is 1. The molecule has 5 heteroatoms. The van der Waals surface area contributed by atoms with Crippen molar-refractivity contribution in [2.24, 2.45) is 5.92 Å². The summed E-state index contributed by atoms with van der Waals surface area (Å²) in [4.78, 5) is 16.9. The lowest BCUT2D eigenvalue weighted by Crippen LogP contribution is -2.31. The van der Waals surface area contributed by atoms with Crippen molar-refractivity contribution in [1.29, 1.82) is 0 Å². The van der Waals surface area contributed by atoms with E-state index in [2.05, 4.69) is 17.2 Å². The van der Waals surface area contributed by atoms with Crippen LogP contribution in [0.25, 0.3) is 10.9 Å². The zero-order valence-electron chi connectivity index (χ0n) is 15.1. The Morgan fingerprint density at radius 3 is 2.84 bits per heavy atom. The largest absolute Gasteiger partial charge is 0.462 e. The van der Waals surface area contributed by atoms with Crippen molar-refractivity contribution in [3.05, 3.63) is 34.5 Å². The number of hydrogen-bond acceptors (Lipinski definition) is 4. The molecule has 0 aliphatic heterocycles. The lowest BCUT2D eigenvalue weighted by Gasteiger charge is -2.31. The second kappa shape index (κ2) is 7.61. The summed E-state index contributed by atoms with van der Waals surface area (Å²) in [7, 11) is 0. The van der Waals surface area contributed by atoms with E-state index in [1.807, 2.05) is 26.0 Å². The van der Waals surface area contributed by atoms with E-state index in [9.17, 15) is 4.79 Å². The number of aromatic nitrogens is 1. The van der Waals surface area contributed by atoms with Crippen LogP contribution in [0.15, 0.2) is 18.3 Å². The van der Waals surface area contributed by atoms with E-state index < -0.39 is 0 Å². The molecule has 1 N–H and O–H groups in total. The van der Waals surface area contributed by atoms with Crippen molar-refractivity contribution in [2.75, 3.05) is 11.9 Å². The van der Waals surface area contributed by atoms with E-state index in [1.54, 1.807) is 6.20 Å². The average molecular weight is 361 g/mol. The number of hydrogen-bond donors (Lipinski definition) is 1. The molecular weight excluding hydrogens is 336 g/mol. The third kappa shape index (κ3) is 3.59. The van der Waals surface area contributed by atoms with Crippen LogP contribution in [-0.2, 0) is 4.74 Å². The standard InChI is InChI=1S/C20H25ClN2O2/c1-4-25-20(24)15-11-22-18-13(3)16(21)10-9-14(18)19(15)23-17-8-6-5-7-12(17)2/h9-12,17H,4-8H2,1-3H3,(H,22,23). The number of carbonyl (C=O) groups is 1. The molecule has 3 rings (SSSR count). The highest BCUT2D eigenvalue weighted by molar-refractivity contribution is 6.32. The van der Waals surface area contributed by atoms with E-state index in [0.717, 1.165) is 28.6 Å². The minimum atomic E-state index is -0.338. The van der Waals surface area contributed by atoms with Gasteiger partial charge in [-0.25, -0.2) is 4.79 Å². The van der Waals surface area contributed by atoms with E-state index in [4.69, 9.17) is 16.3 Å². The topological polar surface area (TPSA) is 51.2 Å². The molecule has 2 atom stereocenters. The second-order valence-electron chi connectivity index (χ2n) is 6.85. The highest BCUT2D eigenvalue weighted by atomic mass is 35.5. The zero-order chi connectivity index (χ0) is 18.0. The van der Waals surface area contributed by atoms with Crippen LogP contribution in [0.3, 0.4) is 0 Å². The number of carbonyl (C=O) groups excluding carboxylic acids is 1. The molecule has 4 nitrogen and oxygen atoms in total. The summed E-state index contributed by atoms with van der Waals surface area (Å²) in [6, 6.07) is 4.16. The van der Waals surface area contributed by atoms with Gasteiger partial charge >= 0.3 is 5.97 Å². The van der Waals surface area contributed by atoms with Gasteiger partial charge in [-0.1, -0.05) is 31.4 Å². The van der Waals surface area contributed by atoms with Gasteiger partial charge in [-0.15, -0.1) is 0 Å². The molecule has 0 bridgehead atoms. The molecule has 1 aromatic heterocycles. The van der Waals surface area contributed by atoms with E-state index >= 15 is 0 Å². The summed E-state index contributed by atoms with van der Waals surface area (Å²) in [6.45, 7) is 6.38. The number of halogens is 1. The molecule has 1 fully saturated rings. The van der Waals surface area contributed by atoms with E-state index in [1.165, 1.54) is 19.3 Å². The first-order valence-electron chi connectivity index (χ1n) is 9.04. The van der Waals surface area contributed by atoms with Crippen molar-refractivity contribution in [3.8, 4) is 0 Å². The quantitative estimate of drug-likeness (QED) is 0.745. The molecule has 1 aliphatic carbocycles. The van der Waals surface area contributed by atoms with Crippen molar-refractivity contribution in [3.63, 3.8) is 0 Å². The van der Waals surface area contributed by atoms with Crippen molar-refractivity contribution >= 4 is 34.2 Å². The maximum Gasteiger partial charge on any atom is 0.341 e. The van der Waals surface area contributed by atoms with Crippen LogP contribution in [0.5, 0.6) is 0 Å². The monoisotopic (exact) mass is 360 g/mol. The lowest BCUT2D eigenvalue weighted by molar-refractivity contribution is 0.0527. The minimum Gasteiger partial charge on any atom is -0.462 e. The number of ether oxygens (including phenoxy) is 1. The smallest absolute Gasteiger partial charge is 0.341 e. The lowest BCUT2D eigenvalue weighted by atomic mass is 9.85. The number of rotatable bonds is 4. The summed E-state index contributed by atoms with van der Waals surface area (Å²) in [5.41, 5.74) is 3.07. The van der Waals surface area contributed by atoms with Gasteiger partial charge in [0, 0.05) is 22.6 Å². The Bertz CT molecular complexity index is 791. The van der Waals surface area contributed by atoms with Crippen LogP contribution in [0.1, 0.15) is 55.5 Å². The number of aryl methyl sites for hydroxylation is 1. The number of esters is 1. The average Bonchev–Trinajstić information content (AvgIpc) is 2.60. The van der Waals surface area contributed by atoms with Crippen LogP contribution < -0.4 is 5.32 Å². The van der Waals surface area contributed by atoms with E-state index in [-0.39, 0.29) is 5.97 Å². The Morgan fingerprint density at radius 2 is 2.12 bits per heavy atom. The molecule has 1 aromatic carbocycles. The normalized spacial score (nSPS) is 20.5. The highest BCUT2D eigenvalue weighted by Gasteiger charge is 2.25. The highest BCUT2D eigenvalue weighted by Crippen LogP contribution is 2.34. The molecule has 0 radical (unpaired) electrons. The summed E-state index contributed by atoms with van der Waals surface area (Å²) in [5, 5.41) is 5.25. The Labute approximate surface area is 153 Å². The first kappa shape index (κ1) is 18.0. The van der Waals surface area contributed by atoms with Gasteiger partial charge in [0.2, 0.25) is 0 Å². The van der Waals surface area contributed by atoms with Gasteiger partial charge in [0.15, 0.2) is 0 Å². The number of pyridine rings is 1. The van der Waals surface area contributed by atoms with Gasteiger partial charge in [-0.3, -0.25) is 4.98 Å². The van der Waals surface area contributed by atoms with Crippen molar-refractivity contribution in [2.45, 2.75) is 52.5 Å². The minimum absolute atomic E-state index is 0.338. The Hall–Kier alpha value is -1.81. The van der Waals surface area contributed by atoms with Crippen LogP contribution in [0.4, 0.5) is 5.69 Å². The summed E-state index contributed by atoms with van der Waals surface area (Å²) >= 11 is 6.26. The van der Waals surface area contributed by atoms with Crippen molar-refractivity contribution < 1.29 is 9.53 Å². The molecule has 2 aromatic rings. The number of fused-ring (bicyclic) bond motifs is 1. The fourth-order valence-electron chi connectivity index (χ4n) is 3.62. The van der Waals surface area contributed by atoms with Crippen LogP contribution in [0, 0.1) is 12.8 Å². The number of nitrogens with one attached hydrogen (secondary N) is 1. The van der Waals surface area contributed by atoms with Crippen LogP contribution in [0.2, 0.25) is 5.02 Å². The number of nitrogens with zero attached hydrogens (tertiary/aromatic N) is 1. The van der Waals surface area contributed by atoms with Gasteiger partial charge in [-0.2, -0.15) is 0 Å². The van der Waals surface area contributed by atoms with Crippen LogP contribution in [-0.4, -0.2) is 23.6 Å². The first-order chi connectivity index (χ1) is 12.0. The molecule has 134 valence electrons. The fraction of sp³-hybridized carbons (Fsp3) is 0.500. The van der Waals surface area contributed by atoms with Gasteiger partial charge in [0.25, 0.3) is 0 Å². The summed E-state index contributed by atoms with van der Waals surface area (Å²) < 4.78 is 5.24. The molecule has 1 heterocycles. The number of benzene rings is 1. The molecule has 2 unspecified atom stereocenters. The Kier molecular flexibility index (Phi) is 5.48. The molecule has 0 amide bonds. The molecular formula is C20H25ClN2O2. The summed E-state index contributed by atoms with van der Waals surface area (Å²) in [5.74, 6) is 0.232. The van der Waals surface area contributed by atoms with E-state index in [0.29, 0.717) is 29.2 Å². The van der Waals surface area contributed by atoms with Gasteiger partial charge in [0.1, 0.15) is 5.56 Å². The fourth-order valence-corrected chi connectivity index (χ4v) is 3.77. The predicted molar refractivity (Wildman–Crippen MR) is 102 cm³/mol. The Morgan fingerprint density at radius 1 is 1.36 bits per heavy atom. The second-order valence-corrected chi connectivity index (χ2v) is 7.26. The SMILES string of the molecule is CCOC(=O)c1cnc2c(C)c(Cl)ccc2c1NC1CCCCC1C. The molecule has 0 saturated heterocycles. The summed E-state index contributed by atoms with van der Waals surface area (Å²) in [6.07, 6.45) is 6.42. The van der Waals surface area contributed by atoms with Gasteiger partial charge in [0.05, 0.1) is 17.8 Å². The van der Waals surface area contributed by atoms with Crippen LogP contribution >= 0.6 is 11.6 Å². The van der Waals surface area contributed by atoms with Gasteiger partial charge < -0.3 is 10.1 Å². The first-order valence-corrected chi connectivity index (χ1v) is 9.42. The third-order valence-corrected chi connectivity index (χ3v) is 5.57. The predicted octanol–water partition coefficient (Wildman–Crippen LogP) is 5.36. The molecule has 1 saturated carbocycles. The third-order valence-electron chi connectivity index (χ3n) is 5.16. The van der Waals surface area contributed by atoms with Crippen molar-refractivity contribution in [1.82, 2.24) is 4.98 Å². The molecule has 0 spiro atoms. The maximum atomic E-state index is 12.5. The maximum absolute atomic E-state index is 12.5. The zero-order valence-corrected chi connectivity index (χ0v) is 15.8. The van der Waals surface area contributed by atoms with Gasteiger partial charge in [-0.05, 0) is 50.3 Å². The Balaban J connectivity index is 2.11. The molecule has 1 aliphatic rings. The molecule has 25 heavy (non-hydrogen) atoms.